The molecule has 6 heteroatoms. The molecule has 194 valence electrons. The lowest BCUT2D eigenvalue weighted by atomic mass is 10.1. The fourth-order valence-corrected chi connectivity index (χ4v) is 9.06. The van der Waals surface area contributed by atoms with Crippen LogP contribution in [0.15, 0.2) is 140 Å². The van der Waals surface area contributed by atoms with Crippen molar-refractivity contribution in [3.63, 3.8) is 0 Å². The SMILES string of the molecule is O=C(Nc1cccc(C(F)(F)F)c1)c1cccc(C[P+](c2ccccc2)(c2ccccc2)c2ccccc2)c1. The number of halogens is 3. The van der Waals surface area contributed by atoms with E-state index in [1.165, 1.54) is 28.0 Å². The van der Waals surface area contributed by atoms with Crippen LogP contribution in [-0.4, -0.2) is 5.91 Å². The third-order valence-electron chi connectivity index (χ3n) is 6.65. The van der Waals surface area contributed by atoms with Crippen molar-refractivity contribution < 1.29 is 18.0 Å². The van der Waals surface area contributed by atoms with Gasteiger partial charge < -0.3 is 5.32 Å². The zero-order chi connectivity index (χ0) is 27.3. The molecule has 39 heavy (non-hydrogen) atoms. The van der Waals surface area contributed by atoms with Crippen LogP contribution in [0.3, 0.4) is 0 Å². The van der Waals surface area contributed by atoms with Crippen LogP contribution in [0.2, 0.25) is 0 Å². The van der Waals surface area contributed by atoms with Gasteiger partial charge in [0.2, 0.25) is 0 Å². The van der Waals surface area contributed by atoms with E-state index in [2.05, 4.69) is 78.1 Å². The molecule has 5 aromatic rings. The molecular weight excluding hydrogens is 514 g/mol. The number of benzene rings is 5. The molecule has 5 aromatic carbocycles. The molecule has 0 atom stereocenters. The van der Waals surface area contributed by atoms with Gasteiger partial charge >= 0.3 is 6.18 Å². The van der Waals surface area contributed by atoms with Crippen molar-refractivity contribution in [1.82, 2.24) is 0 Å². The van der Waals surface area contributed by atoms with Crippen LogP contribution in [0.4, 0.5) is 18.9 Å². The molecule has 0 unspecified atom stereocenters. The monoisotopic (exact) mass is 540 g/mol. The Morgan fingerprint density at radius 2 is 1.13 bits per heavy atom. The number of rotatable bonds is 7. The van der Waals surface area contributed by atoms with Crippen LogP contribution in [0.5, 0.6) is 0 Å². The second kappa shape index (κ2) is 11.3. The molecule has 0 aliphatic carbocycles. The van der Waals surface area contributed by atoms with E-state index in [-0.39, 0.29) is 5.69 Å². The van der Waals surface area contributed by atoms with Crippen molar-refractivity contribution in [2.24, 2.45) is 0 Å². The van der Waals surface area contributed by atoms with Gasteiger partial charge in [-0.05, 0) is 72.3 Å². The Balaban J connectivity index is 1.54. The topological polar surface area (TPSA) is 29.1 Å². The molecule has 1 N–H and O–H groups in total. The standard InChI is InChI=1S/C33H25F3NOP/c34-33(35,36)27-14-11-15-28(23-27)37-32(38)26-13-10-12-25(22-26)24-39(29-16-4-1-5-17-29,30-18-6-2-7-19-30)31-20-8-3-9-21-31/h1-23H,24H2/p+1. The van der Waals surface area contributed by atoms with Crippen molar-refractivity contribution in [2.45, 2.75) is 12.3 Å². The fourth-order valence-electron chi connectivity index (χ4n) is 4.83. The van der Waals surface area contributed by atoms with Gasteiger partial charge in [-0.25, -0.2) is 0 Å². The summed E-state index contributed by atoms with van der Waals surface area (Å²) in [5.41, 5.74) is 0.644. The Labute approximate surface area is 226 Å². The Kier molecular flexibility index (Phi) is 7.63. The first-order chi connectivity index (χ1) is 18.9. The van der Waals surface area contributed by atoms with E-state index in [0.717, 1.165) is 17.7 Å². The number of alkyl halides is 3. The number of amides is 1. The zero-order valence-electron chi connectivity index (χ0n) is 21.0. The highest BCUT2D eigenvalue weighted by Crippen LogP contribution is 2.58. The number of anilines is 1. The van der Waals surface area contributed by atoms with Crippen molar-refractivity contribution in [1.29, 1.82) is 0 Å². The molecule has 0 saturated carbocycles. The lowest BCUT2D eigenvalue weighted by Gasteiger charge is -2.28. The first-order valence-corrected chi connectivity index (χ1v) is 14.5. The molecule has 5 rings (SSSR count). The highest BCUT2D eigenvalue weighted by Gasteiger charge is 2.45. The molecule has 0 saturated heterocycles. The first kappa shape index (κ1) is 26.4. The summed E-state index contributed by atoms with van der Waals surface area (Å²) in [6.07, 6.45) is -3.81. The zero-order valence-corrected chi connectivity index (χ0v) is 21.9. The van der Waals surface area contributed by atoms with Crippen LogP contribution in [0.25, 0.3) is 0 Å². The molecule has 0 bridgehead atoms. The van der Waals surface area contributed by atoms with Crippen molar-refractivity contribution in [3.8, 4) is 0 Å². The van der Waals surface area contributed by atoms with Gasteiger partial charge in [0, 0.05) is 11.3 Å². The maximum absolute atomic E-state index is 13.1. The molecule has 2 nitrogen and oxygen atoms in total. The molecule has 0 spiro atoms. The van der Waals surface area contributed by atoms with Crippen LogP contribution in [0, 0.1) is 0 Å². The summed E-state index contributed by atoms with van der Waals surface area (Å²) in [6, 6.07) is 43.3. The predicted octanol–water partition coefficient (Wildman–Crippen LogP) is 7.45. The highest BCUT2D eigenvalue weighted by molar-refractivity contribution is 7.95. The summed E-state index contributed by atoms with van der Waals surface area (Å²) >= 11 is 0. The van der Waals surface area contributed by atoms with Gasteiger partial charge in [-0.3, -0.25) is 4.79 Å². The van der Waals surface area contributed by atoms with Gasteiger partial charge in [0.15, 0.2) is 0 Å². The van der Waals surface area contributed by atoms with Crippen LogP contribution < -0.4 is 21.2 Å². The summed E-state index contributed by atoms with van der Waals surface area (Å²) in [6.45, 7) is 0. The lowest BCUT2D eigenvalue weighted by Crippen LogP contribution is -2.32. The lowest BCUT2D eigenvalue weighted by molar-refractivity contribution is -0.137. The molecule has 0 fully saturated rings. The minimum Gasteiger partial charge on any atom is -0.322 e. The Morgan fingerprint density at radius 1 is 0.615 bits per heavy atom. The number of carbonyl (C=O) groups is 1. The Hall–Kier alpha value is -4.21. The maximum Gasteiger partial charge on any atom is 0.416 e. The third-order valence-corrected chi connectivity index (χ3v) is 11.0. The summed E-state index contributed by atoms with van der Waals surface area (Å²) in [4.78, 5) is 13.1. The largest absolute Gasteiger partial charge is 0.416 e. The predicted molar refractivity (Wildman–Crippen MR) is 155 cm³/mol. The number of nitrogens with one attached hydrogen (secondary N) is 1. The third kappa shape index (κ3) is 5.79. The van der Waals surface area contributed by atoms with Crippen molar-refractivity contribution in [3.05, 3.63) is 156 Å². The number of carbonyl (C=O) groups excluding carboxylic acids is 1. The smallest absolute Gasteiger partial charge is 0.322 e. The van der Waals surface area contributed by atoms with Gasteiger partial charge in [0.25, 0.3) is 5.91 Å². The Morgan fingerprint density at radius 3 is 1.64 bits per heavy atom. The average molecular weight is 541 g/mol. The molecule has 0 aliphatic rings. The average Bonchev–Trinajstić information content (AvgIpc) is 2.97. The summed E-state index contributed by atoms with van der Waals surface area (Å²) < 4.78 is 39.4. The van der Waals surface area contributed by atoms with Crippen molar-refractivity contribution in [2.75, 3.05) is 5.32 Å². The summed E-state index contributed by atoms with van der Waals surface area (Å²) in [5.74, 6) is -0.459. The molecule has 0 radical (unpaired) electrons. The van der Waals surface area contributed by atoms with E-state index < -0.39 is 24.9 Å². The molecule has 0 aliphatic heterocycles. The van der Waals surface area contributed by atoms with Gasteiger partial charge in [-0.1, -0.05) is 72.8 Å². The highest BCUT2D eigenvalue weighted by atomic mass is 31.2. The quantitative estimate of drug-likeness (QED) is 0.214. The van der Waals surface area contributed by atoms with E-state index in [1.807, 2.05) is 36.4 Å². The van der Waals surface area contributed by atoms with Crippen LogP contribution >= 0.6 is 7.26 Å². The van der Waals surface area contributed by atoms with Crippen LogP contribution in [-0.2, 0) is 12.3 Å². The van der Waals surface area contributed by atoms with Crippen LogP contribution in [0.1, 0.15) is 21.5 Å². The second-order valence-corrected chi connectivity index (χ2v) is 12.7. The van der Waals surface area contributed by atoms with E-state index >= 15 is 0 Å². The fraction of sp³-hybridized carbons (Fsp3) is 0.0606. The minimum atomic E-state index is -4.49. The van der Waals surface area contributed by atoms with Gasteiger partial charge in [0.05, 0.1) is 11.7 Å². The molecule has 1 amide bonds. The van der Waals surface area contributed by atoms with E-state index in [9.17, 15) is 18.0 Å². The summed E-state index contributed by atoms with van der Waals surface area (Å²) in [5, 5.41) is 6.30. The van der Waals surface area contributed by atoms with Crippen molar-refractivity contribution >= 4 is 34.8 Å². The number of hydrogen-bond donors (Lipinski definition) is 1. The Bertz CT molecular complexity index is 1460. The first-order valence-electron chi connectivity index (χ1n) is 12.5. The van der Waals surface area contributed by atoms with E-state index in [4.69, 9.17) is 0 Å². The summed E-state index contributed by atoms with van der Waals surface area (Å²) in [7, 11) is -2.17. The van der Waals surface area contributed by atoms with E-state index in [0.29, 0.717) is 11.7 Å². The molecule has 0 heterocycles. The van der Waals surface area contributed by atoms with E-state index in [1.54, 1.807) is 6.07 Å². The normalized spacial score (nSPS) is 11.7. The minimum absolute atomic E-state index is 0.0972. The molecular formula is C33H26F3NOP+. The molecule has 0 aromatic heterocycles. The second-order valence-electron chi connectivity index (χ2n) is 9.21. The van der Waals surface area contributed by atoms with Gasteiger partial charge in [0.1, 0.15) is 23.2 Å². The number of hydrogen-bond acceptors (Lipinski definition) is 1. The van der Waals surface area contributed by atoms with Gasteiger partial charge in [-0.2, -0.15) is 13.2 Å². The maximum atomic E-state index is 13.1. The van der Waals surface area contributed by atoms with Gasteiger partial charge in [-0.15, -0.1) is 0 Å².